The Bertz CT molecular complexity index is 721. The summed E-state index contributed by atoms with van der Waals surface area (Å²) in [6.45, 7) is 1.08. The Hall–Kier alpha value is -1.60. The van der Waals surface area contributed by atoms with Crippen LogP contribution in [0.2, 0.25) is 0 Å². The van der Waals surface area contributed by atoms with Crippen LogP contribution in [0.4, 0.5) is 0 Å². The lowest BCUT2D eigenvalue weighted by Gasteiger charge is -2.23. The van der Waals surface area contributed by atoms with Crippen LogP contribution >= 0.6 is 0 Å². The molecule has 6 nitrogen and oxygen atoms in total. The minimum absolute atomic E-state index is 0.156. The van der Waals surface area contributed by atoms with Gasteiger partial charge in [0.25, 0.3) is 5.91 Å². The van der Waals surface area contributed by atoms with E-state index in [1.807, 2.05) is 0 Å². The third-order valence-corrected chi connectivity index (χ3v) is 6.95. The molecule has 3 rings (SSSR count). The van der Waals surface area contributed by atoms with E-state index in [1.165, 1.54) is 30.0 Å². The number of sulfonamides is 1. The second kappa shape index (κ2) is 7.74. The summed E-state index contributed by atoms with van der Waals surface area (Å²) in [6, 6.07) is 4.69. The zero-order valence-electron chi connectivity index (χ0n) is 14.7. The van der Waals surface area contributed by atoms with Gasteiger partial charge in [-0.15, -0.1) is 0 Å². The van der Waals surface area contributed by atoms with Crippen LogP contribution in [-0.2, 0) is 10.0 Å². The summed E-state index contributed by atoms with van der Waals surface area (Å²) in [5.74, 6) is 0.135. The maximum Gasteiger partial charge on any atom is 0.255 e. The summed E-state index contributed by atoms with van der Waals surface area (Å²) in [5.41, 5.74) is 0.286. The molecule has 7 heteroatoms. The summed E-state index contributed by atoms with van der Waals surface area (Å²) < 4.78 is 32.3. The van der Waals surface area contributed by atoms with Crippen LogP contribution in [0.25, 0.3) is 0 Å². The molecule has 25 heavy (non-hydrogen) atoms. The lowest BCUT2D eigenvalue weighted by molar-refractivity contribution is 0.0924. The van der Waals surface area contributed by atoms with Crippen LogP contribution in [0.5, 0.6) is 5.75 Å². The normalized spacial score (nSPS) is 19.7. The molecule has 2 fully saturated rings. The fraction of sp³-hybridized carbons (Fsp3) is 0.611. The number of methoxy groups -OCH3 is 1. The van der Waals surface area contributed by atoms with Gasteiger partial charge in [-0.25, -0.2) is 8.42 Å². The lowest BCUT2D eigenvalue weighted by atomic mass is 9.95. The molecular weight excluding hydrogens is 340 g/mol. The standard InChI is InChI=1S/C18H26N2O4S/c1-24-17-10-9-15(25(22,23)20-11-5-6-12-20)13-16(17)18(21)19-14-7-3-2-4-8-14/h9-10,13-14H,2-8,11-12H2,1H3,(H,19,21). The molecule has 1 N–H and O–H groups in total. The van der Waals surface area contributed by atoms with Crippen LogP contribution in [0.3, 0.4) is 0 Å². The Balaban J connectivity index is 1.85. The number of ether oxygens (including phenoxy) is 1. The van der Waals surface area contributed by atoms with E-state index in [0.717, 1.165) is 38.5 Å². The van der Waals surface area contributed by atoms with Gasteiger partial charge in [0.2, 0.25) is 10.0 Å². The summed E-state index contributed by atoms with van der Waals surface area (Å²) in [5, 5.41) is 3.03. The molecule has 0 spiro atoms. The number of amides is 1. The van der Waals surface area contributed by atoms with Crippen molar-refractivity contribution in [1.82, 2.24) is 9.62 Å². The molecule has 1 amide bonds. The van der Waals surface area contributed by atoms with Crippen LogP contribution in [0.15, 0.2) is 23.1 Å². The van der Waals surface area contributed by atoms with Gasteiger partial charge in [0.15, 0.2) is 0 Å². The topological polar surface area (TPSA) is 75.7 Å². The molecule has 1 aromatic carbocycles. The highest BCUT2D eigenvalue weighted by Gasteiger charge is 2.29. The quantitative estimate of drug-likeness (QED) is 0.869. The third kappa shape index (κ3) is 3.98. The number of hydrogen-bond acceptors (Lipinski definition) is 4. The van der Waals surface area contributed by atoms with Crippen LogP contribution in [0.1, 0.15) is 55.3 Å². The fourth-order valence-electron chi connectivity index (χ4n) is 3.61. The van der Waals surface area contributed by atoms with Crippen molar-refractivity contribution in [1.29, 1.82) is 0 Å². The molecule has 0 radical (unpaired) electrons. The van der Waals surface area contributed by atoms with Crippen LogP contribution in [-0.4, -0.2) is 44.9 Å². The molecule has 1 aliphatic carbocycles. The first-order valence-corrected chi connectivity index (χ1v) is 10.5. The van der Waals surface area contributed by atoms with Crippen molar-refractivity contribution >= 4 is 15.9 Å². The van der Waals surface area contributed by atoms with Gasteiger partial charge in [-0.1, -0.05) is 19.3 Å². The second-order valence-corrected chi connectivity index (χ2v) is 8.72. The maximum atomic E-state index is 12.8. The van der Waals surface area contributed by atoms with Crippen molar-refractivity contribution in [3.05, 3.63) is 23.8 Å². The number of carbonyl (C=O) groups excluding carboxylic acids is 1. The van der Waals surface area contributed by atoms with Gasteiger partial charge in [0, 0.05) is 19.1 Å². The Labute approximate surface area is 149 Å². The zero-order valence-corrected chi connectivity index (χ0v) is 15.5. The monoisotopic (exact) mass is 366 g/mol. The van der Waals surface area contributed by atoms with E-state index in [4.69, 9.17) is 4.74 Å². The van der Waals surface area contributed by atoms with Crippen molar-refractivity contribution in [3.8, 4) is 5.75 Å². The molecule has 138 valence electrons. The lowest BCUT2D eigenvalue weighted by Crippen LogP contribution is -2.36. The average Bonchev–Trinajstić information content (AvgIpc) is 3.17. The molecule has 1 saturated heterocycles. The number of benzene rings is 1. The van der Waals surface area contributed by atoms with Crippen LogP contribution < -0.4 is 10.1 Å². The molecule has 1 saturated carbocycles. The highest BCUT2D eigenvalue weighted by molar-refractivity contribution is 7.89. The van der Waals surface area contributed by atoms with Gasteiger partial charge >= 0.3 is 0 Å². The van der Waals surface area contributed by atoms with E-state index in [-0.39, 0.29) is 22.4 Å². The van der Waals surface area contributed by atoms with Crippen molar-refractivity contribution < 1.29 is 17.9 Å². The third-order valence-electron chi connectivity index (χ3n) is 5.06. The highest BCUT2D eigenvalue weighted by atomic mass is 32.2. The van der Waals surface area contributed by atoms with E-state index in [9.17, 15) is 13.2 Å². The Morgan fingerprint density at radius 2 is 1.80 bits per heavy atom. The fourth-order valence-corrected chi connectivity index (χ4v) is 5.16. The summed E-state index contributed by atoms with van der Waals surface area (Å²) in [7, 11) is -2.07. The molecule has 2 aliphatic rings. The summed E-state index contributed by atoms with van der Waals surface area (Å²) in [4.78, 5) is 12.9. The predicted octanol–water partition coefficient (Wildman–Crippen LogP) is 2.54. The number of rotatable bonds is 5. The predicted molar refractivity (Wildman–Crippen MR) is 95.3 cm³/mol. The Morgan fingerprint density at radius 3 is 2.44 bits per heavy atom. The largest absolute Gasteiger partial charge is 0.496 e. The van der Waals surface area contributed by atoms with E-state index in [2.05, 4.69) is 5.32 Å². The first kappa shape index (κ1) is 18.2. The minimum atomic E-state index is -3.56. The Morgan fingerprint density at radius 1 is 1.12 bits per heavy atom. The first-order valence-electron chi connectivity index (χ1n) is 9.01. The highest BCUT2D eigenvalue weighted by Crippen LogP contribution is 2.27. The van der Waals surface area contributed by atoms with E-state index in [1.54, 1.807) is 6.07 Å². The van der Waals surface area contributed by atoms with Crippen molar-refractivity contribution in [2.75, 3.05) is 20.2 Å². The zero-order chi connectivity index (χ0) is 17.9. The molecule has 0 atom stereocenters. The second-order valence-electron chi connectivity index (χ2n) is 6.78. The van der Waals surface area contributed by atoms with Crippen molar-refractivity contribution in [3.63, 3.8) is 0 Å². The molecule has 1 heterocycles. The number of nitrogens with zero attached hydrogens (tertiary/aromatic N) is 1. The smallest absolute Gasteiger partial charge is 0.255 e. The molecule has 1 aliphatic heterocycles. The molecule has 0 aromatic heterocycles. The maximum absolute atomic E-state index is 12.8. The van der Waals surface area contributed by atoms with Gasteiger partial charge in [0.1, 0.15) is 5.75 Å². The van der Waals surface area contributed by atoms with E-state index < -0.39 is 10.0 Å². The summed E-state index contributed by atoms with van der Waals surface area (Å²) >= 11 is 0. The average molecular weight is 366 g/mol. The van der Waals surface area contributed by atoms with Gasteiger partial charge < -0.3 is 10.1 Å². The molecule has 1 aromatic rings. The van der Waals surface area contributed by atoms with E-state index >= 15 is 0 Å². The van der Waals surface area contributed by atoms with Gasteiger partial charge in [-0.3, -0.25) is 4.79 Å². The SMILES string of the molecule is COc1ccc(S(=O)(=O)N2CCCC2)cc1C(=O)NC1CCCCC1. The van der Waals surface area contributed by atoms with Gasteiger partial charge in [-0.2, -0.15) is 4.31 Å². The van der Waals surface area contributed by atoms with Crippen molar-refractivity contribution in [2.24, 2.45) is 0 Å². The number of carbonyl (C=O) groups is 1. The summed E-state index contributed by atoms with van der Waals surface area (Å²) in [6.07, 6.45) is 7.14. The Kier molecular flexibility index (Phi) is 5.64. The van der Waals surface area contributed by atoms with E-state index in [0.29, 0.717) is 18.8 Å². The van der Waals surface area contributed by atoms with Gasteiger partial charge in [-0.05, 0) is 43.9 Å². The first-order chi connectivity index (χ1) is 12.0. The van der Waals surface area contributed by atoms with Gasteiger partial charge in [0.05, 0.1) is 17.6 Å². The van der Waals surface area contributed by atoms with Crippen LogP contribution in [0, 0.1) is 0 Å². The molecule has 0 bridgehead atoms. The van der Waals surface area contributed by atoms with Crippen molar-refractivity contribution in [2.45, 2.75) is 55.9 Å². The molecular formula is C18H26N2O4S. The molecule has 0 unspecified atom stereocenters. The number of nitrogens with one attached hydrogen (secondary N) is 1. The minimum Gasteiger partial charge on any atom is -0.496 e. The number of hydrogen-bond donors (Lipinski definition) is 1.